The number of anilines is 2. The van der Waals surface area contributed by atoms with E-state index >= 15 is 0 Å². The molecule has 0 atom stereocenters. The summed E-state index contributed by atoms with van der Waals surface area (Å²) in [5.74, 6) is 0.773. The molecule has 1 aliphatic rings. The Hall–Kier alpha value is -3.72. The average Bonchev–Trinajstić information content (AvgIpc) is 3.13. The number of carbonyl (C=O) groups is 1. The van der Waals surface area contributed by atoms with Crippen LogP contribution in [0.25, 0.3) is 16.6 Å². The summed E-state index contributed by atoms with van der Waals surface area (Å²) in [6, 6.07) is 7.82. The number of amides is 1. The van der Waals surface area contributed by atoms with Gasteiger partial charge in [0.05, 0.1) is 30.1 Å². The fraction of sp³-hybridized carbons (Fsp3) is 0.190. The Morgan fingerprint density at radius 2 is 1.84 bits per heavy atom. The number of rotatable bonds is 2. The fourth-order valence-electron chi connectivity index (χ4n) is 3.44. The molecule has 4 aromatic rings. The summed E-state index contributed by atoms with van der Waals surface area (Å²) in [6.45, 7) is 2.54. The van der Waals surface area contributed by atoms with Gasteiger partial charge in [0, 0.05) is 23.7 Å². The second kappa shape index (κ2) is 8.57. The van der Waals surface area contributed by atoms with E-state index < -0.39 is 0 Å². The monoisotopic (exact) mass is 437 g/mol. The summed E-state index contributed by atoms with van der Waals surface area (Å²) in [6.07, 6.45) is 8.29. The number of aromatic nitrogens is 5. The molecule has 0 spiro atoms. The first-order chi connectivity index (χ1) is 15.1. The zero-order chi connectivity index (χ0) is 22.0. The summed E-state index contributed by atoms with van der Waals surface area (Å²) < 4.78 is 7.61. The van der Waals surface area contributed by atoms with Crippen LogP contribution in [-0.2, 0) is 0 Å². The Labute approximate surface area is 183 Å². The van der Waals surface area contributed by atoms with E-state index in [9.17, 15) is 4.79 Å². The summed E-state index contributed by atoms with van der Waals surface area (Å²) >= 11 is 4.64. The minimum atomic E-state index is -0.277. The average molecular weight is 438 g/mol. The van der Waals surface area contributed by atoms with Crippen LogP contribution in [0.15, 0.2) is 49.2 Å². The predicted molar refractivity (Wildman–Crippen MR) is 119 cm³/mol. The van der Waals surface area contributed by atoms with Gasteiger partial charge in [-0.05, 0) is 31.2 Å². The lowest BCUT2D eigenvalue weighted by molar-refractivity contribution is 0.0990. The second-order valence-electron chi connectivity index (χ2n) is 6.66. The van der Waals surface area contributed by atoms with Crippen molar-refractivity contribution in [1.29, 1.82) is 0 Å². The molecule has 1 aliphatic heterocycles. The summed E-state index contributed by atoms with van der Waals surface area (Å²) in [5, 5.41) is 0.985. The van der Waals surface area contributed by atoms with Crippen LogP contribution in [0.1, 0.15) is 16.2 Å². The number of alkyl halides is 1. The third-order valence-corrected chi connectivity index (χ3v) is 4.89. The predicted octanol–water partition coefficient (Wildman–Crippen LogP) is 3.00. The van der Waals surface area contributed by atoms with Crippen LogP contribution in [0.5, 0.6) is 5.88 Å². The number of hydrogen-bond donors (Lipinski definition) is 1. The van der Waals surface area contributed by atoms with Crippen molar-refractivity contribution in [2.75, 3.05) is 30.2 Å². The van der Waals surface area contributed by atoms with E-state index in [1.54, 1.807) is 17.3 Å². The summed E-state index contributed by atoms with van der Waals surface area (Å²) in [4.78, 5) is 31.2. The minimum Gasteiger partial charge on any atom is -0.475 e. The molecule has 4 heterocycles. The van der Waals surface area contributed by atoms with E-state index in [-0.39, 0.29) is 23.2 Å². The highest BCUT2D eigenvalue weighted by atomic mass is 35.5. The maximum Gasteiger partial charge on any atom is 0.267 e. The van der Waals surface area contributed by atoms with Crippen LogP contribution in [-0.4, -0.2) is 49.9 Å². The number of fused-ring (bicyclic) bond motifs is 2. The highest BCUT2D eigenvalue weighted by Gasteiger charge is 2.28. The minimum absolute atomic E-state index is 0.110. The first-order valence-corrected chi connectivity index (χ1v) is 10.2. The number of ether oxygens (including phenoxy) is 1. The van der Waals surface area contributed by atoms with Crippen molar-refractivity contribution in [2.24, 2.45) is 0 Å². The van der Waals surface area contributed by atoms with E-state index in [2.05, 4.69) is 31.5 Å². The van der Waals surface area contributed by atoms with E-state index in [0.29, 0.717) is 13.2 Å². The van der Waals surface area contributed by atoms with Gasteiger partial charge in [-0.2, -0.15) is 0 Å². The van der Waals surface area contributed by atoms with Crippen molar-refractivity contribution in [3.05, 3.63) is 60.6 Å². The van der Waals surface area contributed by atoms with Crippen molar-refractivity contribution < 1.29 is 9.53 Å². The molecule has 0 saturated carbocycles. The lowest BCUT2D eigenvalue weighted by Gasteiger charge is -2.20. The van der Waals surface area contributed by atoms with Gasteiger partial charge in [0.1, 0.15) is 30.1 Å². The van der Waals surface area contributed by atoms with Crippen LogP contribution < -0.4 is 15.4 Å². The number of benzene rings is 1. The number of carbonyl (C=O) groups excluding carboxylic acids is 1. The normalized spacial score (nSPS) is 13.1. The molecule has 0 aliphatic carbocycles. The van der Waals surface area contributed by atoms with Crippen molar-refractivity contribution in [3.8, 4) is 11.6 Å². The molecule has 5 rings (SSSR count). The first-order valence-electron chi connectivity index (χ1n) is 9.45. The van der Waals surface area contributed by atoms with Gasteiger partial charge in [-0.15, -0.1) is 11.6 Å². The zero-order valence-corrected chi connectivity index (χ0v) is 17.7. The smallest absolute Gasteiger partial charge is 0.267 e. The molecule has 10 heteroatoms. The van der Waals surface area contributed by atoms with E-state index in [1.165, 1.54) is 12.7 Å². The molecule has 0 saturated heterocycles. The van der Waals surface area contributed by atoms with E-state index in [0.717, 1.165) is 28.1 Å². The Morgan fingerprint density at radius 3 is 2.61 bits per heavy atom. The lowest BCUT2D eigenvalue weighted by Crippen LogP contribution is -2.32. The quantitative estimate of drug-likeness (QED) is 0.479. The van der Waals surface area contributed by atoms with Crippen LogP contribution in [0.3, 0.4) is 0 Å². The van der Waals surface area contributed by atoms with Gasteiger partial charge < -0.3 is 19.9 Å². The molecular weight excluding hydrogens is 418 g/mol. The lowest BCUT2D eigenvalue weighted by atomic mass is 10.2. The molecule has 158 valence electrons. The molecule has 31 heavy (non-hydrogen) atoms. The number of aryl methyl sites for hydroxylation is 1. The Balaban J connectivity index is 0.00000112. The number of nitrogens with two attached hydrogens (primary N) is 1. The molecule has 0 bridgehead atoms. The van der Waals surface area contributed by atoms with Crippen molar-refractivity contribution >= 4 is 39.9 Å². The van der Waals surface area contributed by atoms with Gasteiger partial charge in [0.15, 0.2) is 0 Å². The molecule has 9 nitrogen and oxygen atoms in total. The van der Waals surface area contributed by atoms with Crippen molar-refractivity contribution in [1.82, 2.24) is 24.5 Å². The van der Waals surface area contributed by atoms with Gasteiger partial charge >= 0.3 is 0 Å². The maximum absolute atomic E-state index is 13.1. The molecule has 2 N–H and O–H groups in total. The number of nitrogen functional groups attached to an aromatic ring is 1. The van der Waals surface area contributed by atoms with Crippen molar-refractivity contribution in [2.45, 2.75) is 6.92 Å². The largest absolute Gasteiger partial charge is 0.475 e. The van der Waals surface area contributed by atoms with Crippen LogP contribution in [0.2, 0.25) is 0 Å². The third-order valence-electron chi connectivity index (χ3n) is 4.89. The highest BCUT2D eigenvalue weighted by Crippen LogP contribution is 2.30. The third kappa shape index (κ3) is 3.75. The van der Waals surface area contributed by atoms with Crippen LogP contribution >= 0.6 is 11.6 Å². The molecule has 3 aromatic heterocycles. The molecule has 1 amide bonds. The maximum atomic E-state index is 13.1. The number of hydrogen-bond acceptors (Lipinski definition) is 7. The Morgan fingerprint density at radius 1 is 1.06 bits per heavy atom. The van der Waals surface area contributed by atoms with Gasteiger partial charge in [-0.3, -0.25) is 4.79 Å². The molecule has 0 unspecified atom stereocenters. The Kier molecular flexibility index (Phi) is 5.68. The van der Waals surface area contributed by atoms with E-state index in [1.807, 2.05) is 42.0 Å². The van der Waals surface area contributed by atoms with Crippen LogP contribution in [0.4, 0.5) is 11.5 Å². The van der Waals surface area contributed by atoms with E-state index in [4.69, 9.17) is 10.5 Å². The topological polar surface area (TPSA) is 112 Å². The fourth-order valence-corrected chi connectivity index (χ4v) is 3.44. The molecule has 0 fully saturated rings. The summed E-state index contributed by atoms with van der Waals surface area (Å²) in [5.41, 5.74) is 8.72. The van der Waals surface area contributed by atoms with Crippen LogP contribution in [0, 0.1) is 6.92 Å². The second-order valence-corrected chi connectivity index (χ2v) is 6.66. The van der Waals surface area contributed by atoms with Crippen molar-refractivity contribution in [3.63, 3.8) is 0 Å². The van der Waals surface area contributed by atoms with Gasteiger partial charge in [0.2, 0.25) is 5.88 Å². The first kappa shape index (κ1) is 20.5. The molecule has 0 radical (unpaired) electrons. The zero-order valence-electron chi connectivity index (χ0n) is 17.0. The van der Waals surface area contributed by atoms with Gasteiger partial charge in [-0.1, -0.05) is 0 Å². The number of halogens is 1. The SMILES string of the molecule is CCl.Cc1ncc(-n2ccc3cc(N4CCOc5ncnc(N)c5C4=O)ccc32)cn1. The standard InChI is InChI=1S/C20H17N7O2.CH3Cl/c1-12-22-9-15(10-23-12)26-5-4-13-8-14(2-3-16(13)26)27-6-7-29-19-17(20(27)28)18(21)24-11-25-19;1-2/h2-5,8-11H,6-7H2,1H3,(H2,21,24,25);1H3. The molecule has 1 aromatic carbocycles. The number of nitrogens with zero attached hydrogens (tertiary/aromatic N) is 6. The van der Waals surface area contributed by atoms with Gasteiger partial charge in [0.25, 0.3) is 5.91 Å². The summed E-state index contributed by atoms with van der Waals surface area (Å²) in [7, 11) is 0. The Bertz CT molecular complexity index is 1240. The molecular formula is C21H20ClN7O2. The highest BCUT2D eigenvalue weighted by molar-refractivity contribution is 6.15. The van der Waals surface area contributed by atoms with Gasteiger partial charge in [-0.25, -0.2) is 19.9 Å².